The highest BCUT2D eigenvalue weighted by Gasteiger charge is 2.32. The highest BCUT2D eigenvalue weighted by molar-refractivity contribution is 6.30. The van der Waals surface area contributed by atoms with Gasteiger partial charge in [0.15, 0.2) is 10.9 Å². The molecule has 1 N–H and O–H groups in total. The van der Waals surface area contributed by atoms with Gasteiger partial charge in [0.25, 0.3) is 0 Å². The first-order valence-corrected chi connectivity index (χ1v) is 4.95. The van der Waals surface area contributed by atoms with Gasteiger partial charge in [-0.2, -0.15) is 13.2 Å². The summed E-state index contributed by atoms with van der Waals surface area (Å²) in [4.78, 5) is 3.46. The Kier molecular flexibility index (Phi) is 2.94. The lowest BCUT2D eigenvalue weighted by Gasteiger charge is -2.28. The predicted molar refractivity (Wildman–Crippen MR) is 51.5 cm³/mol. The van der Waals surface area contributed by atoms with Crippen LogP contribution in [0.3, 0.4) is 0 Å². The molecule has 0 amide bonds. The minimum Gasteiger partial charge on any atom is -0.485 e. The number of nitrogens with one attached hydrogen (secondary N) is 1. The monoisotopic (exact) mass is 252 g/mol. The van der Waals surface area contributed by atoms with E-state index in [4.69, 9.17) is 16.3 Å². The Bertz CT molecular complexity index is 393. The maximum absolute atomic E-state index is 12.4. The number of aromatic nitrogens is 1. The van der Waals surface area contributed by atoms with E-state index in [2.05, 4.69) is 10.3 Å². The van der Waals surface area contributed by atoms with Crippen LogP contribution < -0.4 is 10.1 Å². The summed E-state index contributed by atoms with van der Waals surface area (Å²) in [6, 6.07) is 0.869. The maximum atomic E-state index is 12.4. The van der Waals surface area contributed by atoms with Gasteiger partial charge in [0, 0.05) is 19.3 Å². The predicted octanol–water partition coefficient (Wildman–Crippen LogP) is 2.10. The van der Waals surface area contributed by atoms with Gasteiger partial charge in [-0.15, -0.1) is 0 Å². The van der Waals surface area contributed by atoms with E-state index in [1.165, 1.54) is 0 Å². The van der Waals surface area contributed by atoms with Crippen molar-refractivity contribution < 1.29 is 17.9 Å². The molecule has 1 fully saturated rings. The minimum atomic E-state index is -4.44. The van der Waals surface area contributed by atoms with E-state index in [1.807, 2.05) is 0 Å². The molecule has 1 aromatic rings. The fraction of sp³-hybridized carbons (Fsp3) is 0.444. The molecule has 0 radical (unpaired) electrons. The van der Waals surface area contributed by atoms with Crippen LogP contribution in [0.2, 0.25) is 5.15 Å². The Labute approximate surface area is 94.6 Å². The molecule has 1 aliphatic rings. The molecule has 1 aliphatic heterocycles. The summed E-state index contributed by atoms with van der Waals surface area (Å²) < 4.78 is 42.4. The van der Waals surface area contributed by atoms with Crippen molar-refractivity contribution in [3.63, 3.8) is 0 Å². The van der Waals surface area contributed by atoms with E-state index in [-0.39, 0.29) is 17.0 Å². The van der Waals surface area contributed by atoms with Crippen molar-refractivity contribution in [2.75, 3.05) is 13.1 Å². The van der Waals surface area contributed by atoms with Gasteiger partial charge in [0.1, 0.15) is 6.10 Å². The highest BCUT2D eigenvalue weighted by atomic mass is 35.5. The smallest absolute Gasteiger partial charge is 0.418 e. The molecule has 2 heterocycles. The average molecular weight is 253 g/mol. The molecule has 0 saturated carbocycles. The lowest BCUT2D eigenvalue weighted by molar-refractivity contribution is -0.138. The van der Waals surface area contributed by atoms with E-state index < -0.39 is 11.7 Å². The van der Waals surface area contributed by atoms with Crippen molar-refractivity contribution in [1.29, 1.82) is 0 Å². The standard InChI is InChI=1S/C9H8ClF3N2O/c10-8-7(16-6-3-14-4-6)1-5(2-15-8)9(11,12)13/h1-2,6,14H,3-4H2. The van der Waals surface area contributed by atoms with Gasteiger partial charge in [-0.05, 0) is 6.07 Å². The van der Waals surface area contributed by atoms with Gasteiger partial charge in [-0.1, -0.05) is 11.6 Å². The lowest BCUT2D eigenvalue weighted by Crippen LogP contribution is -2.50. The molecule has 7 heteroatoms. The van der Waals surface area contributed by atoms with Crippen LogP contribution in [0.1, 0.15) is 5.56 Å². The fourth-order valence-corrected chi connectivity index (χ4v) is 1.34. The average Bonchev–Trinajstić information content (AvgIpc) is 2.11. The third-order valence-corrected chi connectivity index (χ3v) is 2.46. The van der Waals surface area contributed by atoms with Crippen LogP contribution in [0.25, 0.3) is 0 Å². The number of pyridine rings is 1. The Morgan fingerprint density at radius 2 is 2.12 bits per heavy atom. The molecular weight excluding hydrogens is 245 g/mol. The zero-order valence-corrected chi connectivity index (χ0v) is 8.77. The Balaban J connectivity index is 2.21. The third kappa shape index (κ3) is 2.38. The number of ether oxygens (including phenoxy) is 1. The van der Waals surface area contributed by atoms with Gasteiger partial charge in [-0.25, -0.2) is 4.98 Å². The van der Waals surface area contributed by atoms with E-state index in [9.17, 15) is 13.2 Å². The highest BCUT2D eigenvalue weighted by Crippen LogP contribution is 2.33. The Hall–Kier alpha value is -1.01. The van der Waals surface area contributed by atoms with Crippen LogP contribution >= 0.6 is 11.6 Å². The van der Waals surface area contributed by atoms with Crippen LogP contribution in [-0.4, -0.2) is 24.2 Å². The summed E-state index contributed by atoms with van der Waals surface area (Å²) in [5.74, 6) is -0.0250. The molecule has 16 heavy (non-hydrogen) atoms. The van der Waals surface area contributed by atoms with Gasteiger partial charge >= 0.3 is 6.18 Å². The van der Waals surface area contributed by atoms with Gasteiger partial charge < -0.3 is 10.1 Å². The van der Waals surface area contributed by atoms with Crippen molar-refractivity contribution in [3.8, 4) is 5.75 Å². The van der Waals surface area contributed by atoms with Crippen LogP contribution in [0, 0.1) is 0 Å². The van der Waals surface area contributed by atoms with Crippen molar-refractivity contribution in [2.45, 2.75) is 12.3 Å². The zero-order valence-electron chi connectivity index (χ0n) is 8.01. The molecule has 1 saturated heterocycles. The molecule has 0 aromatic carbocycles. The van der Waals surface area contributed by atoms with Crippen molar-refractivity contribution in [2.24, 2.45) is 0 Å². The summed E-state index contributed by atoms with van der Waals surface area (Å²) in [7, 11) is 0. The topological polar surface area (TPSA) is 34.1 Å². The first-order chi connectivity index (χ1) is 7.47. The van der Waals surface area contributed by atoms with E-state index in [0.717, 1.165) is 6.07 Å². The molecule has 0 aliphatic carbocycles. The second kappa shape index (κ2) is 4.10. The third-order valence-electron chi connectivity index (χ3n) is 2.17. The molecule has 0 spiro atoms. The molecule has 1 aromatic heterocycles. The number of rotatable bonds is 2. The number of hydrogen-bond acceptors (Lipinski definition) is 3. The number of halogens is 4. The molecule has 88 valence electrons. The van der Waals surface area contributed by atoms with Crippen molar-refractivity contribution in [1.82, 2.24) is 10.3 Å². The first kappa shape index (κ1) is 11.5. The maximum Gasteiger partial charge on any atom is 0.418 e. The number of alkyl halides is 3. The summed E-state index contributed by atoms with van der Waals surface area (Å²) in [6.07, 6.45) is -3.88. The zero-order chi connectivity index (χ0) is 11.8. The molecule has 2 rings (SSSR count). The second-order valence-corrected chi connectivity index (χ2v) is 3.77. The number of nitrogens with zero attached hydrogens (tertiary/aromatic N) is 1. The minimum absolute atomic E-state index is 0.0250. The SMILES string of the molecule is FC(F)(F)c1cnc(Cl)c(OC2CNC2)c1. The van der Waals surface area contributed by atoms with E-state index in [1.54, 1.807) is 0 Å². The van der Waals surface area contributed by atoms with Gasteiger partial charge in [0.05, 0.1) is 5.56 Å². The number of hydrogen-bond donors (Lipinski definition) is 1. The second-order valence-electron chi connectivity index (χ2n) is 3.41. The van der Waals surface area contributed by atoms with Crippen LogP contribution in [0.15, 0.2) is 12.3 Å². The molecular formula is C9H8ClF3N2O. The molecule has 0 unspecified atom stereocenters. The largest absolute Gasteiger partial charge is 0.485 e. The normalized spacial score (nSPS) is 17.0. The molecule has 0 bridgehead atoms. The summed E-state index contributed by atoms with van der Waals surface area (Å²) in [6.45, 7) is 1.21. The Morgan fingerprint density at radius 1 is 1.44 bits per heavy atom. The summed E-state index contributed by atoms with van der Waals surface area (Å²) in [5.41, 5.74) is -0.862. The first-order valence-electron chi connectivity index (χ1n) is 4.57. The van der Waals surface area contributed by atoms with Crippen LogP contribution in [0.5, 0.6) is 5.75 Å². The lowest BCUT2D eigenvalue weighted by atomic mass is 10.2. The van der Waals surface area contributed by atoms with Gasteiger partial charge in [-0.3, -0.25) is 0 Å². The Morgan fingerprint density at radius 3 is 2.62 bits per heavy atom. The molecule has 0 atom stereocenters. The summed E-state index contributed by atoms with van der Waals surface area (Å²) in [5, 5.41) is 2.88. The van der Waals surface area contributed by atoms with Crippen molar-refractivity contribution in [3.05, 3.63) is 23.0 Å². The summed E-state index contributed by atoms with van der Waals surface area (Å²) >= 11 is 5.65. The molecule has 3 nitrogen and oxygen atoms in total. The van der Waals surface area contributed by atoms with Gasteiger partial charge in [0.2, 0.25) is 0 Å². The van der Waals surface area contributed by atoms with Crippen LogP contribution in [0.4, 0.5) is 13.2 Å². The van der Waals surface area contributed by atoms with E-state index in [0.29, 0.717) is 19.3 Å². The quantitative estimate of drug-likeness (QED) is 0.819. The van der Waals surface area contributed by atoms with Crippen LogP contribution in [-0.2, 0) is 6.18 Å². The van der Waals surface area contributed by atoms with Crippen molar-refractivity contribution >= 4 is 11.6 Å². The fourth-order valence-electron chi connectivity index (χ4n) is 1.19. The van der Waals surface area contributed by atoms with E-state index >= 15 is 0 Å².